The molecular formula is C18H38OSi. The van der Waals surface area contributed by atoms with Gasteiger partial charge in [-0.2, -0.15) is 0 Å². The third-order valence-corrected chi connectivity index (χ3v) is 11.2. The van der Waals surface area contributed by atoms with Gasteiger partial charge in [0.15, 0.2) is 0 Å². The molecule has 0 heterocycles. The SMILES string of the molecule is CC(C)(C)[Si](C)(C)CCOCC1CCCCCCCC1. The maximum atomic E-state index is 6.08. The van der Waals surface area contributed by atoms with Crippen LogP contribution in [0.15, 0.2) is 0 Å². The van der Waals surface area contributed by atoms with Crippen LogP contribution in [-0.4, -0.2) is 21.3 Å². The van der Waals surface area contributed by atoms with Gasteiger partial charge in [0.1, 0.15) is 0 Å². The van der Waals surface area contributed by atoms with E-state index < -0.39 is 8.07 Å². The lowest BCUT2D eigenvalue weighted by molar-refractivity contribution is 0.101. The highest BCUT2D eigenvalue weighted by atomic mass is 28.3. The van der Waals surface area contributed by atoms with Crippen molar-refractivity contribution >= 4 is 8.07 Å². The number of rotatable bonds is 5. The Balaban J connectivity index is 2.22. The number of hydrogen-bond acceptors (Lipinski definition) is 1. The number of ether oxygens (including phenoxy) is 1. The molecule has 1 aliphatic rings. The standard InChI is InChI=1S/C18H38OSi/c1-18(2,3)20(4,5)15-14-19-16-17-12-10-8-6-7-9-11-13-17/h17H,6-16H2,1-5H3. The Bertz CT molecular complexity index is 245. The molecule has 1 rings (SSSR count). The lowest BCUT2D eigenvalue weighted by Crippen LogP contribution is -2.38. The highest BCUT2D eigenvalue weighted by molar-refractivity contribution is 6.80. The second-order valence-corrected chi connectivity index (χ2v) is 14.3. The molecule has 1 fully saturated rings. The normalized spacial score (nSPS) is 20.2. The first-order chi connectivity index (χ1) is 9.33. The molecular weight excluding hydrogens is 260 g/mol. The summed E-state index contributed by atoms with van der Waals surface area (Å²) in [5.41, 5.74) is 0. The van der Waals surface area contributed by atoms with Crippen LogP contribution in [0.4, 0.5) is 0 Å². The molecule has 2 heteroatoms. The highest BCUT2D eigenvalue weighted by Gasteiger charge is 2.34. The van der Waals surface area contributed by atoms with Crippen molar-refractivity contribution in [3.8, 4) is 0 Å². The van der Waals surface area contributed by atoms with Crippen molar-refractivity contribution < 1.29 is 4.74 Å². The van der Waals surface area contributed by atoms with E-state index in [1.54, 1.807) is 0 Å². The zero-order chi connectivity index (χ0) is 15.1. The maximum absolute atomic E-state index is 6.08. The second kappa shape index (κ2) is 8.58. The van der Waals surface area contributed by atoms with Gasteiger partial charge >= 0.3 is 0 Å². The Hall–Kier alpha value is 0.177. The molecule has 1 nitrogen and oxygen atoms in total. The molecule has 0 aromatic heterocycles. The molecule has 1 saturated carbocycles. The van der Waals surface area contributed by atoms with Gasteiger partial charge in [-0.15, -0.1) is 0 Å². The lowest BCUT2D eigenvalue weighted by atomic mass is 9.98. The Morgan fingerprint density at radius 3 is 1.90 bits per heavy atom. The van der Waals surface area contributed by atoms with E-state index in [9.17, 15) is 0 Å². The first kappa shape index (κ1) is 18.2. The largest absolute Gasteiger partial charge is 0.381 e. The van der Waals surface area contributed by atoms with Gasteiger partial charge in [-0.05, 0) is 29.8 Å². The van der Waals surface area contributed by atoms with E-state index >= 15 is 0 Å². The molecule has 0 N–H and O–H groups in total. The van der Waals surface area contributed by atoms with Crippen LogP contribution >= 0.6 is 0 Å². The molecule has 0 atom stereocenters. The smallest absolute Gasteiger partial charge is 0.0550 e. The average Bonchev–Trinajstić information content (AvgIpc) is 2.47. The Morgan fingerprint density at radius 1 is 0.900 bits per heavy atom. The average molecular weight is 299 g/mol. The minimum Gasteiger partial charge on any atom is -0.381 e. The van der Waals surface area contributed by atoms with Gasteiger partial charge in [-0.25, -0.2) is 0 Å². The van der Waals surface area contributed by atoms with Gasteiger partial charge in [0, 0.05) is 13.2 Å². The third-order valence-electron chi connectivity index (χ3n) is 5.73. The van der Waals surface area contributed by atoms with E-state index in [0.29, 0.717) is 5.04 Å². The Labute approximate surface area is 128 Å². The quantitative estimate of drug-likeness (QED) is 0.430. The molecule has 120 valence electrons. The fourth-order valence-electron chi connectivity index (χ4n) is 2.84. The van der Waals surface area contributed by atoms with Crippen LogP contribution in [-0.2, 0) is 4.74 Å². The van der Waals surface area contributed by atoms with Crippen molar-refractivity contribution in [3.63, 3.8) is 0 Å². The van der Waals surface area contributed by atoms with Crippen molar-refractivity contribution in [2.24, 2.45) is 5.92 Å². The summed E-state index contributed by atoms with van der Waals surface area (Å²) in [5, 5.41) is 0.495. The van der Waals surface area contributed by atoms with E-state index in [-0.39, 0.29) is 0 Å². The summed E-state index contributed by atoms with van der Waals surface area (Å²) in [6.45, 7) is 14.2. The van der Waals surface area contributed by atoms with Crippen LogP contribution in [0.5, 0.6) is 0 Å². The molecule has 0 unspecified atom stereocenters. The molecule has 0 radical (unpaired) electrons. The third kappa shape index (κ3) is 6.75. The minimum absolute atomic E-state index is 0.495. The summed E-state index contributed by atoms with van der Waals surface area (Å²) >= 11 is 0. The molecule has 0 saturated heterocycles. The highest BCUT2D eigenvalue weighted by Crippen LogP contribution is 2.38. The minimum atomic E-state index is -1.14. The summed E-state index contributed by atoms with van der Waals surface area (Å²) in [7, 11) is -1.14. The molecule has 0 spiro atoms. The Morgan fingerprint density at radius 2 is 1.40 bits per heavy atom. The molecule has 0 amide bonds. The van der Waals surface area contributed by atoms with E-state index in [1.165, 1.54) is 57.4 Å². The van der Waals surface area contributed by atoms with Gasteiger partial charge in [0.05, 0.1) is 8.07 Å². The van der Waals surface area contributed by atoms with Crippen LogP contribution in [0.25, 0.3) is 0 Å². The second-order valence-electron chi connectivity index (χ2n) is 8.52. The van der Waals surface area contributed by atoms with Crippen LogP contribution in [0.1, 0.15) is 72.1 Å². The first-order valence-corrected chi connectivity index (χ1v) is 12.1. The summed E-state index contributed by atoms with van der Waals surface area (Å²) in [6, 6.07) is 1.31. The van der Waals surface area contributed by atoms with Crippen LogP contribution in [0.2, 0.25) is 24.2 Å². The number of hydrogen-bond donors (Lipinski definition) is 0. The fourth-order valence-corrected chi connectivity index (χ4v) is 4.24. The van der Waals surface area contributed by atoms with E-state index in [1.807, 2.05) is 0 Å². The summed E-state index contributed by atoms with van der Waals surface area (Å²) in [4.78, 5) is 0. The zero-order valence-electron chi connectivity index (χ0n) is 14.8. The van der Waals surface area contributed by atoms with E-state index in [4.69, 9.17) is 4.74 Å². The molecule has 0 aliphatic heterocycles. The van der Waals surface area contributed by atoms with Crippen molar-refractivity contribution in [1.82, 2.24) is 0 Å². The van der Waals surface area contributed by atoms with E-state index in [2.05, 4.69) is 33.9 Å². The van der Waals surface area contributed by atoms with Crippen LogP contribution in [0, 0.1) is 5.92 Å². The van der Waals surface area contributed by atoms with Crippen molar-refractivity contribution in [2.45, 2.75) is 96.3 Å². The summed E-state index contributed by atoms with van der Waals surface area (Å²) < 4.78 is 6.08. The van der Waals surface area contributed by atoms with Gasteiger partial charge in [-0.1, -0.05) is 72.4 Å². The monoisotopic (exact) mass is 298 g/mol. The van der Waals surface area contributed by atoms with Gasteiger partial charge in [-0.3, -0.25) is 0 Å². The lowest BCUT2D eigenvalue weighted by Gasteiger charge is -2.37. The molecule has 0 aromatic rings. The summed E-state index contributed by atoms with van der Waals surface area (Å²) in [5.74, 6) is 0.840. The summed E-state index contributed by atoms with van der Waals surface area (Å²) in [6.07, 6.45) is 11.5. The van der Waals surface area contributed by atoms with Crippen molar-refractivity contribution in [1.29, 1.82) is 0 Å². The molecule has 20 heavy (non-hydrogen) atoms. The van der Waals surface area contributed by atoms with E-state index in [0.717, 1.165) is 19.1 Å². The van der Waals surface area contributed by atoms with Crippen LogP contribution in [0.3, 0.4) is 0 Å². The van der Waals surface area contributed by atoms with Crippen LogP contribution < -0.4 is 0 Å². The Kier molecular flexibility index (Phi) is 7.82. The maximum Gasteiger partial charge on any atom is 0.0550 e. The van der Waals surface area contributed by atoms with Gasteiger partial charge in [0.25, 0.3) is 0 Å². The molecule has 0 bridgehead atoms. The predicted molar refractivity (Wildman–Crippen MR) is 93.2 cm³/mol. The molecule has 1 aliphatic carbocycles. The zero-order valence-corrected chi connectivity index (χ0v) is 15.8. The predicted octanol–water partition coefficient (Wildman–Crippen LogP) is 6.26. The van der Waals surface area contributed by atoms with Crippen molar-refractivity contribution in [2.75, 3.05) is 13.2 Å². The first-order valence-electron chi connectivity index (χ1n) is 8.91. The van der Waals surface area contributed by atoms with Crippen molar-refractivity contribution in [3.05, 3.63) is 0 Å². The molecule has 0 aromatic carbocycles. The topological polar surface area (TPSA) is 9.23 Å². The fraction of sp³-hybridized carbons (Fsp3) is 1.00. The van der Waals surface area contributed by atoms with Gasteiger partial charge < -0.3 is 4.74 Å². The van der Waals surface area contributed by atoms with Gasteiger partial charge in [0.2, 0.25) is 0 Å².